The fourth-order valence-corrected chi connectivity index (χ4v) is 4.23. The Bertz CT molecular complexity index is 582. The molecule has 2 heterocycles. The SMILES string of the molecule is CC(=O)SCC1CC(=O)N(c2ccc(CN3CCCCC3)cc2)C1. The quantitative estimate of drug-likeness (QED) is 0.820. The van der Waals surface area contributed by atoms with Crippen LogP contribution in [0.2, 0.25) is 0 Å². The van der Waals surface area contributed by atoms with Gasteiger partial charge in [0.15, 0.2) is 5.12 Å². The number of rotatable bonds is 5. The molecule has 0 spiro atoms. The van der Waals surface area contributed by atoms with Crippen molar-refractivity contribution >= 4 is 28.5 Å². The fraction of sp³-hybridized carbons (Fsp3) is 0.579. The van der Waals surface area contributed by atoms with E-state index in [4.69, 9.17) is 0 Å². The molecule has 2 aliphatic heterocycles. The van der Waals surface area contributed by atoms with E-state index in [1.807, 2.05) is 4.90 Å². The van der Waals surface area contributed by atoms with Gasteiger partial charge in [-0.05, 0) is 49.5 Å². The smallest absolute Gasteiger partial charge is 0.227 e. The summed E-state index contributed by atoms with van der Waals surface area (Å²) in [6.07, 6.45) is 4.52. The summed E-state index contributed by atoms with van der Waals surface area (Å²) in [5.41, 5.74) is 2.30. The van der Waals surface area contributed by atoms with Gasteiger partial charge in [0.25, 0.3) is 0 Å². The molecule has 2 aliphatic rings. The van der Waals surface area contributed by atoms with Crippen molar-refractivity contribution in [1.29, 1.82) is 0 Å². The molecule has 2 saturated heterocycles. The number of benzene rings is 1. The summed E-state index contributed by atoms with van der Waals surface area (Å²) >= 11 is 1.33. The summed E-state index contributed by atoms with van der Waals surface area (Å²) in [6.45, 7) is 5.71. The number of carbonyl (C=O) groups is 2. The highest BCUT2D eigenvalue weighted by molar-refractivity contribution is 8.13. The van der Waals surface area contributed by atoms with Crippen LogP contribution < -0.4 is 4.90 Å². The predicted octanol–water partition coefficient (Wildman–Crippen LogP) is 3.31. The molecule has 130 valence electrons. The van der Waals surface area contributed by atoms with Crippen LogP contribution in [-0.4, -0.2) is 41.3 Å². The van der Waals surface area contributed by atoms with Gasteiger partial charge in [0.2, 0.25) is 5.91 Å². The second kappa shape index (κ2) is 8.17. The molecule has 2 fully saturated rings. The summed E-state index contributed by atoms with van der Waals surface area (Å²) in [4.78, 5) is 27.7. The molecule has 0 aromatic heterocycles. The molecule has 3 rings (SSSR count). The predicted molar refractivity (Wildman–Crippen MR) is 99.2 cm³/mol. The third-order valence-corrected chi connectivity index (χ3v) is 5.87. The lowest BCUT2D eigenvalue weighted by atomic mass is 10.1. The summed E-state index contributed by atoms with van der Waals surface area (Å²) in [7, 11) is 0. The van der Waals surface area contributed by atoms with Gasteiger partial charge in [0, 0.05) is 37.9 Å². The number of carbonyl (C=O) groups excluding carboxylic acids is 2. The van der Waals surface area contributed by atoms with Gasteiger partial charge in [0.05, 0.1) is 0 Å². The molecular formula is C19H26N2O2S. The van der Waals surface area contributed by atoms with Gasteiger partial charge >= 0.3 is 0 Å². The van der Waals surface area contributed by atoms with Gasteiger partial charge in [-0.2, -0.15) is 0 Å². The molecule has 1 aromatic rings. The van der Waals surface area contributed by atoms with Gasteiger partial charge < -0.3 is 4.90 Å². The first kappa shape index (κ1) is 17.5. The topological polar surface area (TPSA) is 40.6 Å². The van der Waals surface area contributed by atoms with Gasteiger partial charge in [-0.3, -0.25) is 14.5 Å². The molecule has 0 bridgehead atoms. The molecule has 5 heteroatoms. The van der Waals surface area contributed by atoms with Crippen LogP contribution in [0.4, 0.5) is 5.69 Å². The Hall–Kier alpha value is -1.33. The van der Waals surface area contributed by atoms with Crippen LogP contribution in [0.15, 0.2) is 24.3 Å². The number of amides is 1. The van der Waals surface area contributed by atoms with Crippen molar-refractivity contribution in [2.75, 3.05) is 30.3 Å². The first-order valence-corrected chi connectivity index (χ1v) is 9.85. The third kappa shape index (κ3) is 4.61. The van der Waals surface area contributed by atoms with E-state index in [0.717, 1.165) is 24.5 Å². The number of hydrogen-bond donors (Lipinski definition) is 0. The average molecular weight is 346 g/mol. The van der Waals surface area contributed by atoms with E-state index in [1.165, 1.54) is 49.7 Å². The standard InChI is InChI=1S/C19H26N2O2S/c1-15(22)24-14-17-11-19(23)21(13-17)18-7-5-16(6-8-18)12-20-9-3-2-4-10-20/h5-8,17H,2-4,9-14H2,1H3. The minimum atomic E-state index is 0.128. The van der Waals surface area contributed by atoms with Crippen LogP contribution in [0, 0.1) is 5.92 Å². The maximum absolute atomic E-state index is 12.3. The minimum absolute atomic E-state index is 0.128. The fourth-order valence-electron chi connectivity index (χ4n) is 3.53. The van der Waals surface area contributed by atoms with Crippen molar-refractivity contribution in [2.24, 2.45) is 5.92 Å². The first-order chi connectivity index (χ1) is 11.6. The van der Waals surface area contributed by atoms with Crippen molar-refractivity contribution < 1.29 is 9.59 Å². The highest BCUT2D eigenvalue weighted by atomic mass is 32.2. The number of anilines is 1. The van der Waals surface area contributed by atoms with Crippen LogP contribution in [0.1, 0.15) is 38.2 Å². The van der Waals surface area contributed by atoms with E-state index in [9.17, 15) is 9.59 Å². The molecule has 0 aliphatic carbocycles. The maximum Gasteiger partial charge on any atom is 0.227 e. The lowest BCUT2D eigenvalue weighted by Gasteiger charge is -2.26. The highest BCUT2D eigenvalue weighted by Gasteiger charge is 2.30. The van der Waals surface area contributed by atoms with E-state index >= 15 is 0 Å². The van der Waals surface area contributed by atoms with Crippen LogP contribution in [0.25, 0.3) is 0 Å². The Balaban J connectivity index is 1.56. The van der Waals surface area contributed by atoms with E-state index in [2.05, 4.69) is 29.2 Å². The summed E-state index contributed by atoms with van der Waals surface area (Å²) in [6, 6.07) is 8.43. The summed E-state index contributed by atoms with van der Waals surface area (Å²) < 4.78 is 0. The van der Waals surface area contributed by atoms with Crippen LogP contribution >= 0.6 is 11.8 Å². The zero-order chi connectivity index (χ0) is 16.9. The van der Waals surface area contributed by atoms with Crippen molar-refractivity contribution in [3.8, 4) is 0 Å². The van der Waals surface area contributed by atoms with Crippen molar-refractivity contribution in [1.82, 2.24) is 4.90 Å². The average Bonchev–Trinajstić information content (AvgIpc) is 2.96. The summed E-state index contributed by atoms with van der Waals surface area (Å²) in [5, 5.41) is 0.128. The Labute approximate surface area is 148 Å². The Morgan fingerprint density at radius 2 is 1.88 bits per heavy atom. The minimum Gasteiger partial charge on any atom is -0.312 e. The van der Waals surface area contributed by atoms with E-state index in [-0.39, 0.29) is 16.9 Å². The zero-order valence-corrected chi connectivity index (χ0v) is 15.2. The maximum atomic E-state index is 12.3. The molecule has 0 saturated carbocycles. The second-order valence-electron chi connectivity index (χ2n) is 6.88. The number of nitrogens with zero attached hydrogens (tertiary/aromatic N) is 2. The van der Waals surface area contributed by atoms with Crippen LogP contribution in [0.3, 0.4) is 0 Å². The molecular weight excluding hydrogens is 320 g/mol. The lowest BCUT2D eigenvalue weighted by Crippen LogP contribution is -2.29. The molecule has 0 N–H and O–H groups in total. The molecule has 24 heavy (non-hydrogen) atoms. The van der Waals surface area contributed by atoms with Crippen molar-refractivity contribution in [3.05, 3.63) is 29.8 Å². The van der Waals surface area contributed by atoms with E-state index in [1.54, 1.807) is 6.92 Å². The van der Waals surface area contributed by atoms with Gasteiger partial charge in [-0.25, -0.2) is 0 Å². The molecule has 4 nitrogen and oxygen atoms in total. The van der Waals surface area contributed by atoms with Crippen LogP contribution in [0.5, 0.6) is 0 Å². The van der Waals surface area contributed by atoms with Gasteiger partial charge in [-0.15, -0.1) is 0 Å². The highest BCUT2D eigenvalue weighted by Crippen LogP contribution is 2.28. The summed E-state index contributed by atoms with van der Waals surface area (Å²) in [5.74, 6) is 1.19. The molecule has 1 amide bonds. The number of hydrogen-bond acceptors (Lipinski definition) is 4. The van der Waals surface area contributed by atoms with E-state index in [0.29, 0.717) is 6.42 Å². The molecule has 0 radical (unpaired) electrons. The van der Waals surface area contributed by atoms with Crippen molar-refractivity contribution in [2.45, 2.75) is 39.2 Å². The lowest BCUT2D eigenvalue weighted by molar-refractivity contribution is -0.117. The van der Waals surface area contributed by atoms with Gasteiger partial charge in [-0.1, -0.05) is 30.3 Å². The van der Waals surface area contributed by atoms with Crippen LogP contribution in [-0.2, 0) is 16.1 Å². The largest absolute Gasteiger partial charge is 0.312 e. The molecule has 1 aromatic carbocycles. The molecule has 1 unspecified atom stereocenters. The second-order valence-corrected chi connectivity index (χ2v) is 8.08. The monoisotopic (exact) mass is 346 g/mol. The van der Waals surface area contributed by atoms with Gasteiger partial charge in [0.1, 0.15) is 0 Å². The normalized spacial score (nSPS) is 22.1. The van der Waals surface area contributed by atoms with E-state index < -0.39 is 0 Å². The first-order valence-electron chi connectivity index (χ1n) is 8.87. The zero-order valence-electron chi connectivity index (χ0n) is 14.4. The number of likely N-dealkylation sites (tertiary alicyclic amines) is 1. The number of thioether (sulfide) groups is 1. The number of piperidine rings is 1. The Morgan fingerprint density at radius 1 is 1.17 bits per heavy atom. The molecule has 1 atom stereocenters. The van der Waals surface area contributed by atoms with Crippen molar-refractivity contribution in [3.63, 3.8) is 0 Å². The third-order valence-electron chi connectivity index (χ3n) is 4.83. The Morgan fingerprint density at radius 3 is 2.54 bits per heavy atom. The Kier molecular flexibility index (Phi) is 5.95.